The Morgan fingerprint density at radius 2 is 1.78 bits per heavy atom. The van der Waals surface area contributed by atoms with Crippen LogP contribution in [0.25, 0.3) is 6.08 Å². The molecule has 0 aliphatic heterocycles. The number of thiocarbonyl (C=S) groups is 1. The lowest BCUT2D eigenvalue weighted by atomic mass is 10.2. The van der Waals surface area contributed by atoms with Gasteiger partial charge in [0.15, 0.2) is 5.11 Å². The van der Waals surface area contributed by atoms with Gasteiger partial charge in [-0.1, -0.05) is 53.0 Å². The summed E-state index contributed by atoms with van der Waals surface area (Å²) in [5.74, 6) is -0.388. The maximum atomic E-state index is 11.9. The van der Waals surface area contributed by atoms with Gasteiger partial charge in [0.25, 0.3) is 0 Å². The Morgan fingerprint density at radius 3 is 2.52 bits per heavy atom. The van der Waals surface area contributed by atoms with Crippen LogP contribution in [-0.4, -0.2) is 11.0 Å². The minimum atomic E-state index is -0.388. The van der Waals surface area contributed by atoms with Crippen molar-refractivity contribution in [3.05, 3.63) is 69.2 Å². The largest absolute Gasteiger partial charge is 0.331 e. The van der Waals surface area contributed by atoms with Crippen LogP contribution in [0.3, 0.4) is 0 Å². The van der Waals surface area contributed by atoms with Crippen molar-refractivity contribution >= 4 is 69.8 Å². The Kier molecular flexibility index (Phi) is 6.42. The first kappa shape index (κ1) is 17.8. The fourth-order valence-electron chi connectivity index (χ4n) is 1.68. The maximum Gasteiger partial charge on any atom is 0.250 e. The molecule has 0 spiro atoms. The first-order valence-corrected chi connectivity index (χ1v) is 7.99. The van der Waals surface area contributed by atoms with Gasteiger partial charge in [0.05, 0.1) is 10.7 Å². The molecule has 23 heavy (non-hydrogen) atoms. The second-order valence-corrected chi connectivity index (χ2v) is 6.08. The summed E-state index contributed by atoms with van der Waals surface area (Å²) in [6.07, 6.45) is 2.95. The first-order valence-electron chi connectivity index (χ1n) is 6.45. The number of anilines is 1. The smallest absolute Gasteiger partial charge is 0.250 e. The molecule has 0 heterocycles. The predicted molar refractivity (Wildman–Crippen MR) is 101 cm³/mol. The third-order valence-electron chi connectivity index (χ3n) is 2.73. The Bertz CT molecular complexity index is 778. The molecule has 0 radical (unpaired) electrons. The lowest BCUT2D eigenvalue weighted by molar-refractivity contribution is -0.115. The summed E-state index contributed by atoms with van der Waals surface area (Å²) in [6.45, 7) is 0. The van der Waals surface area contributed by atoms with Crippen LogP contribution in [0.4, 0.5) is 5.69 Å². The molecule has 2 aromatic rings. The summed E-state index contributed by atoms with van der Waals surface area (Å²) in [5.41, 5.74) is 1.25. The van der Waals surface area contributed by atoms with Gasteiger partial charge >= 0.3 is 0 Å². The van der Waals surface area contributed by atoms with Crippen molar-refractivity contribution in [1.82, 2.24) is 5.32 Å². The molecule has 7 heteroatoms. The highest BCUT2D eigenvalue weighted by atomic mass is 35.5. The predicted octanol–water partition coefficient (Wildman–Crippen LogP) is 5.17. The van der Waals surface area contributed by atoms with Crippen molar-refractivity contribution in [1.29, 1.82) is 0 Å². The van der Waals surface area contributed by atoms with Crippen LogP contribution in [0.2, 0.25) is 15.1 Å². The zero-order chi connectivity index (χ0) is 16.8. The van der Waals surface area contributed by atoms with E-state index in [1.165, 1.54) is 6.08 Å². The molecule has 0 saturated heterocycles. The Morgan fingerprint density at radius 1 is 1.04 bits per heavy atom. The quantitative estimate of drug-likeness (QED) is 0.565. The summed E-state index contributed by atoms with van der Waals surface area (Å²) in [4.78, 5) is 11.9. The Hall–Kier alpha value is -1.59. The number of nitrogens with one attached hydrogen (secondary N) is 2. The molecule has 2 aromatic carbocycles. The van der Waals surface area contributed by atoms with E-state index in [1.807, 2.05) is 12.1 Å². The van der Waals surface area contributed by atoms with Crippen LogP contribution < -0.4 is 10.6 Å². The van der Waals surface area contributed by atoms with E-state index in [4.69, 9.17) is 47.0 Å². The summed E-state index contributed by atoms with van der Waals surface area (Å²) in [6, 6.07) is 12.1. The molecular formula is C16H11Cl3N2OS. The highest BCUT2D eigenvalue weighted by Crippen LogP contribution is 2.25. The molecule has 0 atom stereocenters. The van der Waals surface area contributed by atoms with Crippen molar-refractivity contribution in [3.63, 3.8) is 0 Å². The average molecular weight is 386 g/mol. The summed E-state index contributed by atoms with van der Waals surface area (Å²) in [5, 5.41) is 6.95. The molecule has 0 bridgehead atoms. The minimum Gasteiger partial charge on any atom is -0.331 e. The van der Waals surface area contributed by atoms with Crippen molar-refractivity contribution < 1.29 is 4.79 Å². The number of rotatable bonds is 3. The number of hydrogen-bond donors (Lipinski definition) is 2. The van der Waals surface area contributed by atoms with E-state index < -0.39 is 0 Å². The summed E-state index contributed by atoms with van der Waals surface area (Å²) < 4.78 is 0. The van der Waals surface area contributed by atoms with Gasteiger partial charge in [-0.05, 0) is 48.1 Å². The Balaban J connectivity index is 1.96. The molecule has 0 saturated carbocycles. The number of hydrogen-bond acceptors (Lipinski definition) is 2. The van der Waals surface area contributed by atoms with Gasteiger partial charge < -0.3 is 5.32 Å². The van der Waals surface area contributed by atoms with Gasteiger partial charge in [-0.15, -0.1) is 0 Å². The number of carbonyl (C=O) groups excluding carboxylic acids is 1. The van der Waals surface area contributed by atoms with Crippen LogP contribution >= 0.6 is 47.0 Å². The third-order valence-corrected chi connectivity index (χ3v) is 3.85. The molecule has 2 N–H and O–H groups in total. The van der Waals surface area contributed by atoms with Crippen LogP contribution in [0.1, 0.15) is 5.56 Å². The first-order chi connectivity index (χ1) is 11.0. The fourth-order valence-corrected chi connectivity index (χ4v) is 2.42. The molecule has 0 aromatic heterocycles. The molecule has 1 amide bonds. The molecule has 118 valence electrons. The number of carbonyl (C=O) groups is 1. The fraction of sp³-hybridized carbons (Fsp3) is 0. The summed E-state index contributed by atoms with van der Waals surface area (Å²) in [7, 11) is 0. The van der Waals surface area contributed by atoms with Gasteiger partial charge in [0.1, 0.15) is 0 Å². The monoisotopic (exact) mass is 384 g/mol. The lowest BCUT2D eigenvalue weighted by Crippen LogP contribution is -2.32. The third kappa shape index (κ3) is 5.52. The zero-order valence-electron chi connectivity index (χ0n) is 11.6. The van der Waals surface area contributed by atoms with E-state index in [0.29, 0.717) is 20.8 Å². The molecule has 0 aliphatic rings. The van der Waals surface area contributed by atoms with E-state index in [1.54, 1.807) is 36.4 Å². The second kappa shape index (κ2) is 8.31. The number of benzene rings is 2. The van der Waals surface area contributed by atoms with Gasteiger partial charge in [-0.3, -0.25) is 10.1 Å². The molecule has 2 rings (SSSR count). The molecule has 0 aliphatic carbocycles. The van der Waals surface area contributed by atoms with Gasteiger partial charge in [0.2, 0.25) is 5.91 Å². The molecule has 0 fully saturated rings. The van der Waals surface area contributed by atoms with E-state index in [-0.39, 0.29) is 11.0 Å². The van der Waals surface area contributed by atoms with Crippen LogP contribution in [-0.2, 0) is 4.79 Å². The van der Waals surface area contributed by atoms with E-state index in [0.717, 1.165) is 5.56 Å². The summed E-state index contributed by atoms with van der Waals surface area (Å²) >= 11 is 23.0. The number of amides is 1. The average Bonchev–Trinajstić information content (AvgIpc) is 2.50. The van der Waals surface area contributed by atoms with Gasteiger partial charge in [-0.25, -0.2) is 0 Å². The minimum absolute atomic E-state index is 0.114. The zero-order valence-corrected chi connectivity index (χ0v) is 14.7. The van der Waals surface area contributed by atoms with Crippen molar-refractivity contribution in [3.8, 4) is 0 Å². The van der Waals surface area contributed by atoms with Crippen molar-refractivity contribution in [2.45, 2.75) is 0 Å². The van der Waals surface area contributed by atoms with Crippen molar-refractivity contribution in [2.75, 3.05) is 5.32 Å². The maximum absolute atomic E-state index is 11.9. The standard InChI is InChI=1S/C16H11Cl3N2OS/c17-11-6-7-13(19)14(9-11)20-16(23)21-15(22)8-5-10-3-1-2-4-12(10)18/h1-9H,(H2,20,21,22,23)/b8-5+. The van der Waals surface area contributed by atoms with E-state index >= 15 is 0 Å². The van der Waals surface area contributed by atoms with Gasteiger partial charge in [-0.2, -0.15) is 0 Å². The Labute approximate surface area is 154 Å². The second-order valence-electron chi connectivity index (χ2n) is 4.42. The highest BCUT2D eigenvalue weighted by molar-refractivity contribution is 7.80. The van der Waals surface area contributed by atoms with Crippen LogP contribution in [0.15, 0.2) is 48.5 Å². The van der Waals surface area contributed by atoms with E-state index in [9.17, 15) is 4.79 Å². The van der Waals surface area contributed by atoms with Crippen molar-refractivity contribution in [2.24, 2.45) is 0 Å². The topological polar surface area (TPSA) is 41.1 Å². The highest BCUT2D eigenvalue weighted by Gasteiger charge is 2.06. The molecular weight excluding hydrogens is 375 g/mol. The SMILES string of the molecule is O=C(/C=C/c1ccccc1Cl)NC(=S)Nc1cc(Cl)ccc1Cl. The number of halogens is 3. The molecule has 0 unspecified atom stereocenters. The van der Waals surface area contributed by atoms with Crippen LogP contribution in [0, 0.1) is 0 Å². The normalized spacial score (nSPS) is 10.6. The van der Waals surface area contributed by atoms with E-state index in [2.05, 4.69) is 10.6 Å². The molecule has 3 nitrogen and oxygen atoms in total. The van der Waals surface area contributed by atoms with Gasteiger partial charge in [0, 0.05) is 16.1 Å². The van der Waals surface area contributed by atoms with Crippen LogP contribution in [0.5, 0.6) is 0 Å². The lowest BCUT2D eigenvalue weighted by Gasteiger charge is -2.10.